The van der Waals surface area contributed by atoms with Crippen LogP contribution in [0.5, 0.6) is 0 Å². The highest BCUT2D eigenvalue weighted by Gasteiger charge is 2.45. The third kappa shape index (κ3) is 7.20. The molecule has 4 atom stereocenters. The zero-order valence-corrected chi connectivity index (χ0v) is 23.5. The maximum absolute atomic E-state index is 12.2. The molecule has 218 valence electrons. The number of aliphatic hydroxyl groups is 2. The average Bonchev–Trinajstić information content (AvgIpc) is 3.47. The number of nitrogen functional groups attached to an aromatic ring is 1. The summed E-state index contributed by atoms with van der Waals surface area (Å²) in [7, 11) is 0. The quantitative estimate of drug-likeness (QED) is 0.182. The summed E-state index contributed by atoms with van der Waals surface area (Å²) < 4.78 is 20.3. The number of hydrogen-bond donors (Lipinski definition) is 3. The third-order valence-corrected chi connectivity index (χ3v) is 7.20. The first kappa shape index (κ1) is 29.4. The number of ether oxygens (including phenoxy) is 3. The lowest BCUT2D eigenvalue weighted by atomic mass is 9.86. The number of anilines is 1. The van der Waals surface area contributed by atoms with Crippen LogP contribution in [-0.2, 0) is 39.6 Å². The van der Waals surface area contributed by atoms with E-state index in [0.717, 1.165) is 16.7 Å². The summed E-state index contributed by atoms with van der Waals surface area (Å²) in [4.78, 5) is 8.32. The van der Waals surface area contributed by atoms with Gasteiger partial charge in [0, 0.05) is 11.8 Å². The molecule has 5 aromatic rings. The Labute approximate surface area is 245 Å². The van der Waals surface area contributed by atoms with Gasteiger partial charge in [-0.1, -0.05) is 91.0 Å². The zero-order chi connectivity index (χ0) is 29.4. The van der Waals surface area contributed by atoms with E-state index in [1.54, 1.807) is 23.6 Å². The third-order valence-electron chi connectivity index (χ3n) is 7.20. The molecule has 0 aliphatic carbocycles. The lowest BCUT2D eigenvalue weighted by Gasteiger charge is -2.39. The molecule has 9 nitrogen and oxygen atoms in total. The van der Waals surface area contributed by atoms with Crippen molar-refractivity contribution in [3.05, 3.63) is 132 Å². The van der Waals surface area contributed by atoms with Gasteiger partial charge in [0.2, 0.25) is 5.95 Å². The van der Waals surface area contributed by atoms with Crippen LogP contribution in [0.3, 0.4) is 0 Å². The van der Waals surface area contributed by atoms with Crippen LogP contribution in [0, 0.1) is 0 Å². The summed E-state index contributed by atoms with van der Waals surface area (Å²) in [5.41, 5.74) is 8.23. The lowest BCUT2D eigenvalue weighted by molar-refractivity contribution is -0.206. The first-order valence-electron chi connectivity index (χ1n) is 13.8. The molecule has 42 heavy (non-hydrogen) atoms. The van der Waals surface area contributed by atoms with E-state index in [-0.39, 0.29) is 25.8 Å². The molecule has 0 saturated heterocycles. The Hall–Kier alpha value is -4.12. The highest BCUT2D eigenvalue weighted by molar-refractivity contribution is 5.48. The van der Waals surface area contributed by atoms with Crippen LogP contribution in [0.1, 0.15) is 29.2 Å². The second kappa shape index (κ2) is 13.7. The Bertz CT molecular complexity index is 1530. The maximum Gasteiger partial charge on any atom is 0.207 e. The largest absolute Gasteiger partial charge is 0.388 e. The number of hydrogen-bond acceptors (Lipinski definition) is 8. The second-order valence-corrected chi connectivity index (χ2v) is 10.4. The summed E-state index contributed by atoms with van der Waals surface area (Å²) in [5, 5.41) is 23.7. The van der Waals surface area contributed by atoms with Gasteiger partial charge in [-0.05, 0) is 29.7 Å². The van der Waals surface area contributed by atoms with Gasteiger partial charge in [0.1, 0.15) is 35.9 Å². The predicted molar refractivity (Wildman–Crippen MR) is 159 cm³/mol. The topological polar surface area (TPSA) is 124 Å². The highest BCUT2D eigenvalue weighted by atomic mass is 16.6. The van der Waals surface area contributed by atoms with Gasteiger partial charge >= 0.3 is 0 Å². The summed E-state index contributed by atoms with van der Waals surface area (Å²) in [6.07, 6.45) is -0.0940. The molecule has 1 unspecified atom stereocenters. The van der Waals surface area contributed by atoms with Gasteiger partial charge in [0.25, 0.3) is 0 Å². The minimum absolute atomic E-state index is 0.0359. The van der Waals surface area contributed by atoms with Crippen molar-refractivity contribution in [1.82, 2.24) is 14.4 Å². The van der Waals surface area contributed by atoms with Crippen molar-refractivity contribution < 1.29 is 24.4 Å². The Morgan fingerprint density at radius 3 is 1.93 bits per heavy atom. The SMILES string of the molecule is CC(O)(c1cc2ncnc(N)n2c1)[C@H](OCc1ccccc1)[C@H](OCc1ccccc1)[C@H](O)COCc1ccccc1. The lowest BCUT2D eigenvalue weighted by Crippen LogP contribution is -2.53. The van der Waals surface area contributed by atoms with Crippen molar-refractivity contribution in [3.63, 3.8) is 0 Å². The summed E-state index contributed by atoms with van der Waals surface area (Å²) in [6.45, 7) is 2.29. The van der Waals surface area contributed by atoms with Crippen LogP contribution in [0.25, 0.3) is 5.65 Å². The standard InChI is InChI=1S/C33H36N4O5/c1-33(39,27-17-29-35-23-36-32(34)37(29)18-27)31(42-21-26-15-9-4-10-16-26)30(41-20-25-13-7-3-8-14-25)28(38)22-40-19-24-11-5-2-6-12-24/h2-18,23,28,30-31,38-39H,19-22H2,1H3,(H2,34,35,36)/t28-,30-,31-,33?/m1/s1. The molecule has 5 rings (SSSR count). The van der Waals surface area contributed by atoms with E-state index in [1.165, 1.54) is 6.33 Å². The minimum atomic E-state index is -1.64. The first-order valence-corrected chi connectivity index (χ1v) is 13.8. The smallest absolute Gasteiger partial charge is 0.207 e. The molecular weight excluding hydrogens is 532 g/mol. The van der Waals surface area contributed by atoms with Crippen LogP contribution >= 0.6 is 0 Å². The summed E-state index contributed by atoms with van der Waals surface area (Å²) in [6, 6.07) is 30.7. The molecule has 0 spiro atoms. The van der Waals surface area contributed by atoms with E-state index >= 15 is 0 Å². The van der Waals surface area contributed by atoms with Crippen molar-refractivity contribution in [3.8, 4) is 0 Å². The Morgan fingerprint density at radius 1 is 0.810 bits per heavy atom. The van der Waals surface area contributed by atoms with Crippen molar-refractivity contribution in [2.75, 3.05) is 12.3 Å². The summed E-state index contributed by atoms with van der Waals surface area (Å²) >= 11 is 0. The molecule has 0 fully saturated rings. The molecule has 2 heterocycles. The Balaban J connectivity index is 1.46. The molecule has 0 bridgehead atoms. The maximum atomic E-state index is 12.2. The zero-order valence-electron chi connectivity index (χ0n) is 23.5. The number of benzene rings is 3. The second-order valence-electron chi connectivity index (χ2n) is 10.4. The summed E-state index contributed by atoms with van der Waals surface area (Å²) in [5.74, 6) is 0.232. The molecule has 0 amide bonds. The van der Waals surface area contributed by atoms with E-state index in [2.05, 4.69) is 9.97 Å². The molecule has 4 N–H and O–H groups in total. The van der Waals surface area contributed by atoms with Crippen LogP contribution in [0.15, 0.2) is 110 Å². The van der Waals surface area contributed by atoms with Crippen molar-refractivity contribution in [1.29, 1.82) is 0 Å². The van der Waals surface area contributed by atoms with Gasteiger partial charge in [0.15, 0.2) is 0 Å². The number of aliphatic hydroxyl groups excluding tert-OH is 1. The van der Waals surface area contributed by atoms with Gasteiger partial charge in [-0.25, -0.2) is 9.97 Å². The average molecular weight is 569 g/mol. The highest BCUT2D eigenvalue weighted by Crippen LogP contribution is 2.34. The molecular formula is C33H36N4O5. The first-order chi connectivity index (χ1) is 20.4. The minimum Gasteiger partial charge on any atom is -0.388 e. The van der Waals surface area contributed by atoms with E-state index < -0.39 is 23.9 Å². The number of aromatic nitrogens is 3. The van der Waals surface area contributed by atoms with Crippen LogP contribution < -0.4 is 5.73 Å². The molecule has 0 aliphatic heterocycles. The molecule has 0 radical (unpaired) electrons. The molecule has 9 heteroatoms. The van der Waals surface area contributed by atoms with E-state index in [9.17, 15) is 10.2 Å². The number of rotatable bonds is 14. The molecule has 0 saturated carbocycles. The van der Waals surface area contributed by atoms with Gasteiger partial charge in [-0.2, -0.15) is 0 Å². The fourth-order valence-corrected chi connectivity index (χ4v) is 4.86. The van der Waals surface area contributed by atoms with Crippen molar-refractivity contribution >= 4 is 11.6 Å². The monoisotopic (exact) mass is 568 g/mol. The molecule has 0 aliphatic rings. The fraction of sp³-hybridized carbons (Fsp3) is 0.273. The van der Waals surface area contributed by atoms with Crippen LogP contribution in [0.4, 0.5) is 5.95 Å². The van der Waals surface area contributed by atoms with Crippen LogP contribution in [-0.4, -0.2) is 49.5 Å². The predicted octanol–water partition coefficient (Wildman–Crippen LogP) is 4.27. The van der Waals surface area contributed by atoms with E-state index in [1.807, 2.05) is 91.0 Å². The number of fused-ring (bicyclic) bond motifs is 1. The van der Waals surface area contributed by atoms with E-state index in [4.69, 9.17) is 19.9 Å². The van der Waals surface area contributed by atoms with Gasteiger partial charge in [-0.15, -0.1) is 0 Å². The Morgan fingerprint density at radius 2 is 1.36 bits per heavy atom. The molecule has 2 aromatic heterocycles. The molecule has 3 aromatic carbocycles. The fourth-order valence-electron chi connectivity index (χ4n) is 4.86. The van der Waals surface area contributed by atoms with Crippen LogP contribution in [0.2, 0.25) is 0 Å². The van der Waals surface area contributed by atoms with E-state index in [0.29, 0.717) is 17.8 Å². The number of nitrogens with zero attached hydrogens (tertiary/aromatic N) is 3. The normalized spacial score (nSPS) is 15.2. The Kier molecular flexibility index (Phi) is 9.58. The van der Waals surface area contributed by atoms with Gasteiger partial charge < -0.3 is 30.2 Å². The van der Waals surface area contributed by atoms with Crippen molar-refractivity contribution in [2.45, 2.75) is 50.7 Å². The van der Waals surface area contributed by atoms with Gasteiger partial charge in [0.05, 0.1) is 26.4 Å². The van der Waals surface area contributed by atoms with Gasteiger partial charge in [-0.3, -0.25) is 4.40 Å². The number of nitrogens with two attached hydrogens (primary N) is 1. The van der Waals surface area contributed by atoms with Crippen molar-refractivity contribution in [2.24, 2.45) is 0 Å².